The van der Waals surface area contributed by atoms with Crippen LogP contribution in [0, 0.1) is 0 Å². The summed E-state index contributed by atoms with van der Waals surface area (Å²) in [6, 6.07) is 0.183. The van der Waals surface area contributed by atoms with Crippen LogP contribution < -0.4 is 5.73 Å². The molecule has 0 aliphatic rings. The number of furan rings is 1. The molecule has 0 spiro atoms. The van der Waals surface area contributed by atoms with E-state index in [2.05, 4.69) is 0 Å². The Kier molecular flexibility index (Phi) is 3.84. The summed E-state index contributed by atoms with van der Waals surface area (Å²) in [6.07, 6.45) is -0.0239. The molecule has 0 radical (unpaired) electrons. The first-order chi connectivity index (χ1) is 7.07. The Labute approximate surface area is 86.3 Å². The number of nitrogens with two attached hydrogens (primary N) is 1. The Morgan fingerprint density at radius 3 is 2.93 bits per heavy atom. The number of methoxy groups -OCH3 is 1. The predicted octanol–water partition coefficient (Wildman–Crippen LogP) is -0.129. The van der Waals surface area contributed by atoms with E-state index < -0.39 is 18.1 Å². The summed E-state index contributed by atoms with van der Waals surface area (Å²) in [6.45, 7) is 0.231. The topological polar surface area (TPSA) is 106 Å². The maximum Gasteiger partial charge on any atom is 0.323 e. The van der Waals surface area contributed by atoms with Gasteiger partial charge in [-0.25, -0.2) is 0 Å². The molecule has 15 heavy (non-hydrogen) atoms. The van der Waals surface area contributed by atoms with E-state index in [1.807, 2.05) is 0 Å². The van der Waals surface area contributed by atoms with Gasteiger partial charge in [0.25, 0.3) is 0 Å². The number of carboxylic acids is 1. The first-order valence-electron chi connectivity index (χ1n) is 4.29. The van der Waals surface area contributed by atoms with Crippen molar-refractivity contribution < 1.29 is 24.2 Å². The van der Waals surface area contributed by atoms with Crippen molar-refractivity contribution in [1.29, 1.82) is 0 Å². The van der Waals surface area contributed by atoms with E-state index in [0.29, 0.717) is 5.56 Å². The van der Waals surface area contributed by atoms with Gasteiger partial charge in [-0.15, -0.1) is 0 Å². The lowest BCUT2D eigenvalue weighted by atomic mass is 10.1. The van der Waals surface area contributed by atoms with Gasteiger partial charge in [-0.3, -0.25) is 4.79 Å². The highest BCUT2D eigenvalue weighted by Gasteiger charge is 2.28. The second kappa shape index (κ2) is 4.92. The van der Waals surface area contributed by atoms with E-state index in [1.54, 1.807) is 6.07 Å². The minimum absolute atomic E-state index is 0.131. The number of aliphatic carboxylic acids is 1. The Hall–Kier alpha value is -1.37. The first-order valence-corrected chi connectivity index (χ1v) is 4.29. The van der Waals surface area contributed by atoms with E-state index >= 15 is 0 Å². The molecule has 1 aromatic rings. The highest BCUT2D eigenvalue weighted by Crippen LogP contribution is 2.22. The highest BCUT2D eigenvalue weighted by atomic mass is 16.5. The average molecular weight is 215 g/mol. The minimum Gasteiger partial charge on any atom is -0.480 e. The van der Waals surface area contributed by atoms with Crippen LogP contribution in [0.25, 0.3) is 0 Å². The molecule has 0 amide bonds. The number of ether oxygens (including phenoxy) is 1. The maximum atomic E-state index is 10.5. The molecule has 1 rings (SSSR count). The SMILES string of the molecule is COCc1ccoc1C(O)C(N)C(=O)O. The summed E-state index contributed by atoms with van der Waals surface area (Å²) in [4.78, 5) is 10.5. The lowest BCUT2D eigenvalue weighted by Gasteiger charge is -2.13. The third kappa shape index (κ3) is 2.56. The molecule has 0 aliphatic heterocycles. The van der Waals surface area contributed by atoms with Crippen molar-refractivity contribution in [3.8, 4) is 0 Å². The van der Waals surface area contributed by atoms with Crippen LogP contribution in [0.1, 0.15) is 17.4 Å². The van der Waals surface area contributed by atoms with Crippen molar-refractivity contribution >= 4 is 5.97 Å². The fraction of sp³-hybridized carbons (Fsp3) is 0.444. The summed E-state index contributed by atoms with van der Waals surface area (Å²) in [7, 11) is 1.49. The van der Waals surface area contributed by atoms with E-state index in [4.69, 9.17) is 20.0 Å². The van der Waals surface area contributed by atoms with Gasteiger partial charge < -0.3 is 25.1 Å². The van der Waals surface area contributed by atoms with Crippen molar-refractivity contribution in [2.24, 2.45) is 5.73 Å². The second-order valence-corrected chi connectivity index (χ2v) is 3.05. The summed E-state index contributed by atoms with van der Waals surface area (Å²) < 4.78 is 9.83. The van der Waals surface area contributed by atoms with Crippen LogP contribution in [-0.4, -0.2) is 29.3 Å². The van der Waals surface area contributed by atoms with Gasteiger partial charge >= 0.3 is 5.97 Å². The molecule has 6 nitrogen and oxygen atoms in total. The Balaban J connectivity index is 2.85. The van der Waals surface area contributed by atoms with Gasteiger partial charge in [-0.2, -0.15) is 0 Å². The quantitative estimate of drug-likeness (QED) is 0.631. The molecular weight excluding hydrogens is 202 g/mol. The zero-order valence-corrected chi connectivity index (χ0v) is 8.21. The molecule has 6 heteroatoms. The summed E-state index contributed by atoms with van der Waals surface area (Å²) >= 11 is 0. The first kappa shape index (κ1) is 11.7. The van der Waals surface area contributed by atoms with Gasteiger partial charge in [-0.1, -0.05) is 0 Å². The standard InChI is InChI=1S/C9H13NO5/c1-14-4-5-2-3-15-8(5)7(11)6(10)9(12)13/h2-3,6-7,11H,4,10H2,1H3,(H,12,13). The minimum atomic E-state index is -1.41. The van der Waals surface area contributed by atoms with E-state index in [0.717, 1.165) is 0 Å². The van der Waals surface area contributed by atoms with Crippen molar-refractivity contribution in [1.82, 2.24) is 0 Å². The Morgan fingerprint density at radius 2 is 2.40 bits per heavy atom. The van der Waals surface area contributed by atoms with Crippen LogP contribution in [0.5, 0.6) is 0 Å². The fourth-order valence-corrected chi connectivity index (χ4v) is 1.18. The third-order valence-electron chi connectivity index (χ3n) is 1.97. The molecule has 4 N–H and O–H groups in total. The Morgan fingerprint density at radius 1 is 1.73 bits per heavy atom. The van der Waals surface area contributed by atoms with Gasteiger partial charge in [0.2, 0.25) is 0 Å². The third-order valence-corrected chi connectivity index (χ3v) is 1.97. The molecule has 0 saturated heterocycles. The lowest BCUT2D eigenvalue weighted by molar-refractivity contribution is -0.141. The van der Waals surface area contributed by atoms with Crippen LogP contribution in [0.2, 0.25) is 0 Å². The number of hydrogen-bond acceptors (Lipinski definition) is 5. The summed E-state index contributed by atoms with van der Waals surface area (Å²) in [5.41, 5.74) is 5.85. The van der Waals surface area contributed by atoms with Crippen LogP contribution >= 0.6 is 0 Å². The fourth-order valence-electron chi connectivity index (χ4n) is 1.18. The van der Waals surface area contributed by atoms with Crippen molar-refractivity contribution in [2.75, 3.05) is 7.11 Å². The van der Waals surface area contributed by atoms with Crippen molar-refractivity contribution in [3.05, 3.63) is 23.7 Å². The number of hydrogen-bond donors (Lipinski definition) is 3. The number of carboxylic acid groups (broad SMARTS) is 1. The van der Waals surface area contributed by atoms with E-state index in [1.165, 1.54) is 13.4 Å². The van der Waals surface area contributed by atoms with Crippen LogP contribution in [-0.2, 0) is 16.1 Å². The normalized spacial score (nSPS) is 14.9. The van der Waals surface area contributed by atoms with Crippen molar-refractivity contribution in [2.45, 2.75) is 18.8 Å². The molecule has 0 fully saturated rings. The predicted molar refractivity (Wildman–Crippen MR) is 50.0 cm³/mol. The van der Waals surface area contributed by atoms with Gasteiger partial charge in [-0.05, 0) is 6.07 Å². The van der Waals surface area contributed by atoms with Crippen LogP contribution in [0.3, 0.4) is 0 Å². The zero-order valence-electron chi connectivity index (χ0n) is 8.21. The zero-order chi connectivity index (χ0) is 11.4. The molecule has 1 aromatic heterocycles. The number of aliphatic hydroxyl groups excluding tert-OH is 1. The van der Waals surface area contributed by atoms with Gasteiger partial charge in [0.05, 0.1) is 12.9 Å². The smallest absolute Gasteiger partial charge is 0.323 e. The number of carbonyl (C=O) groups is 1. The molecule has 0 bridgehead atoms. The highest BCUT2D eigenvalue weighted by molar-refractivity contribution is 5.74. The molecule has 2 atom stereocenters. The van der Waals surface area contributed by atoms with Gasteiger partial charge in [0.1, 0.15) is 17.9 Å². The molecule has 2 unspecified atom stereocenters. The molecule has 0 saturated carbocycles. The molecular formula is C9H13NO5. The maximum absolute atomic E-state index is 10.5. The van der Waals surface area contributed by atoms with Crippen LogP contribution in [0.4, 0.5) is 0 Å². The van der Waals surface area contributed by atoms with Crippen LogP contribution in [0.15, 0.2) is 16.7 Å². The van der Waals surface area contributed by atoms with Gasteiger partial charge in [0.15, 0.2) is 0 Å². The molecule has 0 aliphatic carbocycles. The van der Waals surface area contributed by atoms with Crippen molar-refractivity contribution in [3.63, 3.8) is 0 Å². The number of rotatable bonds is 5. The number of aliphatic hydroxyl groups is 1. The molecule has 84 valence electrons. The average Bonchev–Trinajstić information content (AvgIpc) is 2.64. The lowest BCUT2D eigenvalue weighted by Crippen LogP contribution is -2.36. The van der Waals surface area contributed by atoms with E-state index in [9.17, 15) is 9.90 Å². The van der Waals surface area contributed by atoms with Gasteiger partial charge in [0, 0.05) is 12.7 Å². The monoisotopic (exact) mass is 215 g/mol. The summed E-state index contributed by atoms with van der Waals surface area (Å²) in [5, 5.41) is 18.2. The largest absolute Gasteiger partial charge is 0.480 e. The molecule has 1 heterocycles. The van der Waals surface area contributed by atoms with E-state index in [-0.39, 0.29) is 12.4 Å². The summed E-state index contributed by atoms with van der Waals surface area (Å²) in [5.74, 6) is -1.16. The Bertz CT molecular complexity index is 335. The molecule has 0 aromatic carbocycles. The second-order valence-electron chi connectivity index (χ2n) is 3.05.